The maximum absolute atomic E-state index is 13.0. The molecule has 0 spiro atoms. The van der Waals surface area contributed by atoms with Crippen molar-refractivity contribution in [3.8, 4) is 0 Å². The van der Waals surface area contributed by atoms with E-state index in [0.29, 0.717) is 19.3 Å². The van der Waals surface area contributed by atoms with E-state index < -0.39 is 5.60 Å². The number of hydrogen-bond acceptors (Lipinski definition) is 4. The Kier molecular flexibility index (Phi) is 5.89. The number of allylic oxidation sites excluding steroid dienone is 2. The number of rotatable bonds is 7. The zero-order valence-corrected chi connectivity index (χ0v) is 23.2. The quantitative estimate of drug-likeness (QED) is 0.282. The van der Waals surface area contributed by atoms with Gasteiger partial charge in [-0.2, -0.15) is 0 Å². The highest BCUT2D eigenvalue weighted by Gasteiger charge is 2.74. The van der Waals surface area contributed by atoms with Crippen LogP contribution < -0.4 is 0 Å². The smallest absolute Gasteiger partial charge is 0.146 e. The number of hydrogen-bond donors (Lipinski definition) is 1. The predicted octanol–water partition coefficient (Wildman–Crippen LogP) is 6.87. The van der Waals surface area contributed by atoms with Crippen molar-refractivity contribution in [3.63, 3.8) is 0 Å². The summed E-state index contributed by atoms with van der Waals surface area (Å²) in [5.41, 5.74) is 7.72. The Morgan fingerprint density at radius 2 is 1.86 bits per heavy atom. The van der Waals surface area contributed by atoms with Crippen molar-refractivity contribution in [2.45, 2.75) is 77.5 Å². The Morgan fingerprint density at radius 1 is 1.08 bits per heavy atom. The fourth-order valence-corrected chi connectivity index (χ4v) is 8.67. The van der Waals surface area contributed by atoms with Gasteiger partial charge in [-0.05, 0) is 91.7 Å². The molecule has 1 fully saturated rings. The summed E-state index contributed by atoms with van der Waals surface area (Å²) in [6, 6.07) is 11.0. The highest BCUT2D eigenvalue weighted by Crippen LogP contribution is 2.76. The zero-order chi connectivity index (χ0) is 26.2. The maximum Gasteiger partial charge on any atom is 0.146 e. The van der Waals surface area contributed by atoms with E-state index in [1.54, 1.807) is 14.2 Å². The molecule has 0 amide bonds. The molecule has 0 saturated heterocycles. The Labute approximate surface area is 220 Å². The van der Waals surface area contributed by atoms with Gasteiger partial charge in [-0.1, -0.05) is 37.6 Å². The summed E-state index contributed by atoms with van der Waals surface area (Å²) in [7, 11) is 3.42. The minimum absolute atomic E-state index is 0.0338. The van der Waals surface area contributed by atoms with E-state index in [1.165, 1.54) is 33.0 Å². The van der Waals surface area contributed by atoms with Gasteiger partial charge in [0.25, 0.3) is 0 Å². The second kappa shape index (κ2) is 8.67. The van der Waals surface area contributed by atoms with Gasteiger partial charge < -0.3 is 23.9 Å². The van der Waals surface area contributed by atoms with Crippen LogP contribution in [0, 0.1) is 11.3 Å². The minimum atomic E-state index is -0.895. The van der Waals surface area contributed by atoms with Crippen LogP contribution in [0.5, 0.6) is 0 Å². The number of aromatic nitrogens is 1. The van der Waals surface area contributed by atoms with Crippen molar-refractivity contribution in [3.05, 3.63) is 52.6 Å². The van der Waals surface area contributed by atoms with Crippen LogP contribution >= 0.6 is 0 Å². The normalized spacial score (nSPS) is 30.4. The van der Waals surface area contributed by atoms with E-state index in [1.807, 2.05) is 0 Å². The molecule has 5 nitrogen and oxygen atoms in total. The molecule has 0 bridgehead atoms. The van der Waals surface area contributed by atoms with E-state index in [4.69, 9.17) is 14.2 Å². The van der Waals surface area contributed by atoms with Gasteiger partial charge in [0, 0.05) is 30.4 Å². The first-order chi connectivity index (χ1) is 17.8. The lowest BCUT2D eigenvalue weighted by molar-refractivity contribution is -0.199. The lowest BCUT2D eigenvalue weighted by Gasteiger charge is -2.70. The summed E-state index contributed by atoms with van der Waals surface area (Å²) in [4.78, 5) is 0. The summed E-state index contributed by atoms with van der Waals surface area (Å²) < 4.78 is 19.1. The van der Waals surface area contributed by atoms with Gasteiger partial charge in [0.15, 0.2) is 0 Å². The lowest BCUT2D eigenvalue weighted by Crippen LogP contribution is -2.70. The van der Waals surface area contributed by atoms with Crippen molar-refractivity contribution in [1.29, 1.82) is 0 Å². The molecule has 1 heterocycles. The maximum atomic E-state index is 13.0. The van der Waals surface area contributed by atoms with E-state index in [0.717, 1.165) is 48.7 Å². The zero-order valence-electron chi connectivity index (χ0n) is 23.2. The molecule has 1 N–H and O–H groups in total. The summed E-state index contributed by atoms with van der Waals surface area (Å²) >= 11 is 0. The van der Waals surface area contributed by atoms with Gasteiger partial charge in [-0.15, -0.1) is 0 Å². The van der Waals surface area contributed by atoms with Crippen LogP contribution in [0.4, 0.5) is 0 Å². The van der Waals surface area contributed by atoms with Crippen LogP contribution in [0.3, 0.4) is 0 Å². The van der Waals surface area contributed by atoms with E-state index in [2.05, 4.69) is 62.6 Å². The number of para-hydroxylation sites is 1. The van der Waals surface area contributed by atoms with Crippen molar-refractivity contribution in [2.24, 2.45) is 11.3 Å². The van der Waals surface area contributed by atoms with Crippen molar-refractivity contribution in [1.82, 2.24) is 4.57 Å². The molecule has 1 saturated carbocycles. The minimum Gasteiger partial charge on any atom is -0.384 e. The van der Waals surface area contributed by atoms with Crippen LogP contribution in [0.15, 0.2) is 35.9 Å². The van der Waals surface area contributed by atoms with Crippen molar-refractivity contribution >= 4 is 27.4 Å². The third kappa shape index (κ3) is 3.00. The van der Waals surface area contributed by atoms with Gasteiger partial charge in [-0.3, -0.25) is 0 Å². The monoisotopic (exact) mass is 503 g/mol. The molecule has 5 heteroatoms. The number of fused-ring (bicyclic) bond motifs is 5. The highest BCUT2D eigenvalue weighted by atomic mass is 16.7. The van der Waals surface area contributed by atoms with Gasteiger partial charge in [0.2, 0.25) is 0 Å². The molecule has 0 unspecified atom stereocenters. The second-order valence-corrected chi connectivity index (χ2v) is 12.1. The van der Waals surface area contributed by atoms with Crippen LogP contribution in [0.1, 0.15) is 76.5 Å². The molecular formula is C32H41NO4. The number of methoxy groups -OCH3 is 2. The van der Waals surface area contributed by atoms with Gasteiger partial charge >= 0.3 is 0 Å². The molecule has 37 heavy (non-hydrogen) atoms. The number of aliphatic hydroxyl groups is 1. The molecule has 3 aromatic rings. The molecule has 3 aliphatic carbocycles. The predicted molar refractivity (Wildman–Crippen MR) is 148 cm³/mol. The average Bonchev–Trinajstić information content (AvgIpc) is 3.11. The van der Waals surface area contributed by atoms with Gasteiger partial charge in [0.05, 0.1) is 17.6 Å². The molecule has 0 radical (unpaired) electrons. The highest BCUT2D eigenvalue weighted by molar-refractivity contribution is 6.13. The third-order valence-corrected chi connectivity index (χ3v) is 10.5. The fraction of sp³-hybridized carbons (Fsp3) is 0.562. The summed E-state index contributed by atoms with van der Waals surface area (Å²) in [5.74, 6) is 0.512. The van der Waals surface area contributed by atoms with E-state index in [9.17, 15) is 5.11 Å². The second-order valence-electron chi connectivity index (χ2n) is 12.1. The van der Waals surface area contributed by atoms with Crippen molar-refractivity contribution < 1.29 is 19.3 Å². The summed E-state index contributed by atoms with van der Waals surface area (Å²) in [5, 5.41) is 15.4. The first-order valence-corrected chi connectivity index (χ1v) is 13.8. The third-order valence-electron chi connectivity index (χ3n) is 10.5. The number of benzene rings is 2. The molecular weight excluding hydrogens is 462 g/mol. The van der Waals surface area contributed by atoms with Crippen LogP contribution in [-0.2, 0) is 32.0 Å². The lowest BCUT2D eigenvalue weighted by atomic mass is 9.35. The molecule has 2 aromatic carbocycles. The van der Waals surface area contributed by atoms with Gasteiger partial charge in [-0.25, -0.2) is 0 Å². The Hall–Kier alpha value is -2.18. The molecule has 0 aliphatic heterocycles. The average molecular weight is 504 g/mol. The van der Waals surface area contributed by atoms with E-state index >= 15 is 0 Å². The largest absolute Gasteiger partial charge is 0.384 e. The van der Waals surface area contributed by atoms with Crippen LogP contribution in [0.2, 0.25) is 0 Å². The first kappa shape index (κ1) is 25.1. The summed E-state index contributed by atoms with van der Waals surface area (Å²) in [6.45, 7) is 10.7. The molecule has 1 aromatic heterocycles. The van der Waals surface area contributed by atoms with Crippen LogP contribution in [0.25, 0.3) is 27.4 Å². The summed E-state index contributed by atoms with van der Waals surface area (Å²) in [6.07, 6.45) is 4.71. The Balaban J connectivity index is 1.76. The Bertz CT molecular complexity index is 1420. The van der Waals surface area contributed by atoms with Crippen molar-refractivity contribution in [2.75, 3.05) is 27.6 Å². The molecule has 4 atom stereocenters. The number of nitrogens with zero attached hydrogens (tertiary/aromatic N) is 1. The number of ether oxygens (including phenoxy) is 3. The van der Waals surface area contributed by atoms with Gasteiger partial charge in [0.1, 0.15) is 19.1 Å². The first-order valence-electron chi connectivity index (χ1n) is 13.8. The van der Waals surface area contributed by atoms with Crippen LogP contribution in [-0.4, -0.2) is 37.3 Å². The molecule has 198 valence electrons. The molecule has 6 rings (SSSR count). The molecule has 3 aliphatic rings. The Morgan fingerprint density at radius 3 is 2.59 bits per heavy atom. The fourth-order valence-electron chi connectivity index (χ4n) is 8.67. The topological polar surface area (TPSA) is 52.8 Å². The van der Waals surface area contributed by atoms with E-state index in [-0.39, 0.29) is 17.6 Å². The standard InChI is InChI=1S/C32H41NO4/c1-20(2)22-12-13-30(4)21(3)11-14-32(34)29-27-23-9-7-8-10-25(23)33(18-35-5)26(27)17-24(22)28(29)31(30,32)15-16-37-19-36-6/h7-10,17,21,34H,11-16,18-19H2,1-6H3/t21-,30+,31+,32-/m1/s1. The SMILES string of the molecule is COCOCC[C@@]12c3c4cc5c(c3[C@]1(O)CC[C@@H](C)[C@]2(C)CCC4=C(C)C)c1ccccc1n5COC.